The fourth-order valence-electron chi connectivity index (χ4n) is 3.35. The van der Waals surface area contributed by atoms with E-state index in [2.05, 4.69) is 37.1 Å². The zero-order chi connectivity index (χ0) is 12.3. The molecule has 0 radical (unpaired) electrons. The van der Waals surface area contributed by atoms with Crippen LogP contribution in [0.5, 0.6) is 0 Å². The third kappa shape index (κ3) is 3.56. The third-order valence-corrected chi connectivity index (χ3v) is 4.44. The van der Waals surface area contributed by atoms with Gasteiger partial charge in [0.15, 0.2) is 0 Å². The Hall–Kier alpha value is -0.340. The van der Waals surface area contributed by atoms with Gasteiger partial charge >= 0.3 is 0 Å². The van der Waals surface area contributed by atoms with Gasteiger partial charge in [-0.1, -0.05) is 25.5 Å². The van der Waals surface area contributed by atoms with Crippen LogP contribution in [0, 0.1) is 11.3 Å². The first kappa shape index (κ1) is 13.1. The van der Waals surface area contributed by atoms with Gasteiger partial charge in [0.25, 0.3) is 0 Å². The molecule has 0 aromatic carbocycles. The predicted molar refractivity (Wildman–Crippen MR) is 74.2 cm³/mol. The maximum Gasteiger partial charge on any atom is 0.0190 e. The molecule has 0 spiro atoms. The summed E-state index contributed by atoms with van der Waals surface area (Å²) in [6.07, 6.45) is 6.40. The molecule has 2 aliphatic heterocycles. The molecule has 0 saturated carbocycles. The summed E-state index contributed by atoms with van der Waals surface area (Å²) in [6, 6.07) is 0. The van der Waals surface area contributed by atoms with Crippen molar-refractivity contribution in [1.29, 1.82) is 0 Å². The Morgan fingerprint density at radius 3 is 2.94 bits per heavy atom. The van der Waals surface area contributed by atoms with Crippen LogP contribution in [-0.2, 0) is 0 Å². The first-order valence-electron chi connectivity index (χ1n) is 7.16. The molecule has 1 N–H and O–H groups in total. The van der Waals surface area contributed by atoms with Crippen molar-refractivity contribution in [2.24, 2.45) is 11.3 Å². The molecule has 2 heterocycles. The molecule has 0 bridgehead atoms. The van der Waals surface area contributed by atoms with Gasteiger partial charge in [-0.2, -0.15) is 0 Å². The van der Waals surface area contributed by atoms with Crippen molar-refractivity contribution in [3.05, 3.63) is 11.6 Å². The van der Waals surface area contributed by atoms with Crippen LogP contribution >= 0.6 is 0 Å². The van der Waals surface area contributed by atoms with E-state index in [4.69, 9.17) is 0 Å². The van der Waals surface area contributed by atoms with Crippen LogP contribution < -0.4 is 5.32 Å². The van der Waals surface area contributed by atoms with Crippen LogP contribution in [0.3, 0.4) is 0 Å². The van der Waals surface area contributed by atoms with Gasteiger partial charge in [-0.05, 0) is 50.6 Å². The van der Waals surface area contributed by atoms with E-state index in [0.717, 1.165) is 5.92 Å². The molecule has 2 heteroatoms. The summed E-state index contributed by atoms with van der Waals surface area (Å²) in [5, 5.41) is 3.56. The van der Waals surface area contributed by atoms with Crippen molar-refractivity contribution in [3.8, 4) is 0 Å². The molecule has 2 rings (SSSR count). The SMILES string of the molecule is CC1=CCCN(CC(C)(C)C2CCCNC2)C1. The van der Waals surface area contributed by atoms with Crippen molar-refractivity contribution in [2.45, 2.75) is 40.0 Å². The van der Waals surface area contributed by atoms with Crippen molar-refractivity contribution in [2.75, 3.05) is 32.7 Å². The first-order chi connectivity index (χ1) is 8.08. The number of nitrogens with zero attached hydrogens (tertiary/aromatic N) is 1. The lowest BCUT2D eigenvalue weighted by atomic mass is 9.74. The van der Waals surface area contributed by atoms with Gasteiger partial charge in [-0.15, -0.1) is 0 Å². The largest absolute Gasteiger partial charge is 0.316 e. The second kappa shape index (κ2) is 5.53. The van der Waals surface area contributed by atoms with Crippen molar-refractivity contribution in [1.82, 2.24) is 10.2 Å². The van der Waals surface area contributed by atoms with Gasteiger partial charge < -0.3 is 5.32 Å². The van der Waals surface area contributed by atoms with Crippen LogP contribution in [0.2, 0.25) is 0 Å². The molecule has 2 aliphatic rings. The molecule has 1 saturated heterocycles. The molecule has 98 valence electrons. The molecule has 0 aromatic heterocycles. The molecular formula is C15H28N2. The van der Waals surface area contributed by atoms with Crippen LogP contribution in [0.4, 0.5) is 0 Å². The minimum atomic E-state index is 0.449. The Labute approximate surface area is 106 Å². The summed E-state index contributed by atoms with van der Waals surface area (Å²) in [5.41, 5.74) is 2.00. The fraction of sp³-hybridized carbons (Fsp3) is 0.867. The Morgan fingerprint density at radius 1 is 1.47 bits per heavy atom. The van der Waals surface area contributed by atoms with Crippen LogP contribution in [0.1, 0.15) is 40.0 Å². The molecule has 0 amide bonds. The van der Waals surface area contributed by atoms with Gasteiger partial charge in [0.1, 0.15) is 0 Å². The van der Waals surface area contributed by atoms with Crippen molar-refractivity contribution in [3.63, 3.8) is 0 Å². The van der Waals surface area contributed by atoms with E-state index in [0.29, 0.717) is 5.41 Å². The third-order valence-electron chi connectivity index (χ3n) is 4.44. The van der Waals surface area contributed by atoms with E-state index in [1.807, 2.05) is 0 Å². The minimum absolute atomic E-state index is 0.449. The average molecular weight is 236 g/mol. The Morgan fingerprint density at radius 2 is 2.29 bits per heavy atom. The van der Waals surface area contributed by atoms with Gasteiger partial charge in [-0.3, -0.25) is 4.90 Å². The van der Waals surface area contributed by atoms with Crippen LogP contribution in [0.15, 0.2) is 11.6 Å². The summed E-state index contributed by atoms with van der Waals surface area (Å²) in [5.74, 6) is 0.850. The van der Waals surface area contributed by atoms with E-state index < -0.39 is 0 Å². The molecule has 1 fully saturated rings. The molecule has 17 heavy (non-hydrogen) atoms. The number of hydrogen-bond acceptors (Lipinski definition) is 2. The normalized spacial score (nSPS) is 27.9. The minimum Gasteiger partial charge on any atom is -0.316 e. The number of rotatable bonds is 3. The second-order valence-corrected chi connectivity index (χ2v) is 6.58. The zero-order valence-corrected chi connectivity index (χ0v) is 11.8. The Kier molecular flexibility index (Phi) is 4.26. The van der Waals surface area contributed by atoms with Gasteiger partial charge in [0.2, 0.25) is 0 Å². The highest BCUT2D eigenvalue weighted by atomic mass is 15.1. The van der Waals surface area contributed by atoms with E-state index in [1.165, 1.54) is 52.0 Å². The number of piperidine rings is 1. The maximum atomic E-state index is 3.56. The lowest BCUT2D eigenvalue weighted by Gasteiger charge is -2.41. The monoisotopic (exact) mass is 236 g/mol. The van der Waals surface area contributed by atoms with Crippen molar-refractivity contribution < 1.29 is 0 Å². The van der Waals surface area contributed by atoms with Crippen LogP contribution in [0.25, 0.3) is 0 Å². The Balaban J connectivity index is 1.89. The van der Waals surface area contributed by atoms with E-state index in [9.17, 15) is 0 Å². The Bertz CT molecular complexity index is 275. The first-order valence-corrected chi connectivity index (χ1v) is 7.16. The lowest BCUT2D eigenvalue weighted by Crippen LogP contribution is -2.45. The van der Waals surface area contributed by atoms with Gasteiger partial charge in [-0.25, -0.2) is 0 Å². The molecule has 0 aliphatic carbocycles. The maximum absolute atomic E-state index is 3.56. The number of nitrogens with one attached hydrogen (secondary N) is 1. The van der Waals surface area contributed by atoms with E-state index in [-0.39, 0.29) is 0 Å². The highest BCUT2D eigenvalue weighted by Crippen LogP contribution is 2.33. The quantitative estimate of drug-likeness (QED) is 0.758. The highest BCUT2D eigenvalue weighted by molar-refractivity contribution is 5.05. The molecule has 2 nitrogen and oxygen atoms in total. The van der Waals surface area contributed by atoms with E-state index in [1.54, 1.807) is 5.57 Å². The smallest absolute Gasteiger partial charge is 0.0190 e. The number of hydrogen-bond donors (Lipinski definition) is 1. The predicted octanol–water partition coefficient (Wildman–Crippen LogP) is 2.66. The lowest BCUT2D eigenvalue weighted by molar-refractivity contribution is 0.104. The average Bonchev–Trinajstić information content (AvgIpc) is 2.29. The molecule has 1 atom stereocenters. The van der Waals surface area contributed by atoms with Gasteiger partial charge in [0.05, 0.1) is 0 Å². The summed E-state index contributed by atoms with van der Waals surface area (Å²) >= 11 is 0. The van der Waals surface area contributed by atoms with E-state index >= 15 is 0 Å². The molecule has 1 unspecified atom stereocenters. The van der Waals surface area contributed by atoms with Gasteiger partial charge in [0, 0.05) is 19.6 Å². The highest BCUT2D eigenvalue weighted by Gasteiger charge is 2.32. The summed E-state index contributed by atoms with van der Waals surface area (Å²) in [7, 11) is 0. The topological polar surface area (TPSA) is 15.3 Å². The summed E-state index contributed by atoms with van der Waals surface area (Å²) in [4.78, 5) is 2.64. The van der Waals surface area contributed by atoms with Crippen molar-refractivity contribution >= 4 is 0 Å². The van der Waals surface area contributed by atoms with Crippen LogP contribution in [-0.4, -0.2) is 37.6 Å². The second-order valence-electron chi connectivity index (χ2n) is 6.58. The molecule has 0 aromatic rings. The zero-order valence-electron chi connectivity index (χ0n) is 11.8. The summed E-state index contributed by atoms with van der Waals surface area (Å²) < 4.78 is 0. The fourth-order valence-corrected chi connectivity index (χ4v) is 3.35. The summed E-state index contributed by atoms with van der Waals surface area (Å²) in [6.45, 7) is 13.3. The molecular weight excluding hydrogens is 208 g/mol. The standard InChI is InChI=1S/C15H28N2/c1-13-6-5-9-17(11-13)12-15(2,3)14-7-4-8-16-10-14/h6,14,16H,4-5,7-12H2,1-3H3.